The maximum absolute atomic E-state index is 13.2. The zero-order chi connectivity index (χ0) is 14.7. The van der Waals surface area contributed by atoms with Crippen LogP contribution in [-0.2, 0) is 6.54 Å². The average Bonchev–Trinajstić information content (AvgIpc) is 2.49. The minimum absolute atomic E-state index is 0. The van der Waals surface area contributed by atoms with Gasteiger partial charge in [0.2, 0.25) is 0 Å². The Balaban J connectivity index is 0.00000176. The molecule has 118 valence electrons. The van der Waals surface area contributed by atoms with Crippen LogP contribution in [-0.4, -0.2) is 19.0 Å². The molecule has 1 saturated heterocycles. The maximum atomic E-state index is 13.2. The van der Waals surface area contributed by atoms with Gasteiger partial charge in [0, 0.05) is 49.3 Å². The lowest BCUT2D eigenvalue weighted by Gasteiger charge is -2.33. The van der Waals surface area contributed by atoms with Gasteiger partial charge in [-0.2, -0.15) is 0 Å². The molecule has 0 bridgehead atoms. The van der Waals surface area contributed by atoms with Crippen molar-refractivity contribution in [3.63, 3.8) is 0 Å². The molecule has 1 aliphatic rings. The monoisotopic (exact) mass is 325 g/mol. The van der Waals surface area contributed by atoms with E-state index in [0.29, 0.717) is 13.1 Å². The first-order chi connectivity index (χ1) is 10.1. The van der Waals surface area contributed by atoms with E-state index in [0.717, 1.165) is 12.2 Å². The fraction of sp³-hybridized carbons (Fsp3) is 0.353. The van der Waals surface area contributed by atoms with Crippen molar-refractivity contribution in [2.45, 2.75) is 25.3 Å². The Morgan fingerprint density at radius 1 is 0.955 bits per heavy atom. The Labute approximate surface area is 135 Å². The highest BCUT2D eigenvalue weighted by Gasteiger charge is 2.34. The molecule has 0 aliphatic carbocycles. The van der Waals surface area contributed by atoms with Gasteiger partial charge in [0.25, 0.3) is 5.92 Å². The van der Waals surface area contributed by atoms with Crippen LogP contribution in [0.5, 0.6) is 0 Å². The van der Waals surface area contributed by atoms with Crippen LogP contribution in [0.3, 0.4) is 0 Å². The predicted molar refractivity (Wildman–Crippen MR) is 85.8 cm³/mol. The van der Waals surface area contributed by atoms with Crippen molar-refractivity contribution in [1.29, 1.82) is 0 Å². The normalized spacial score (nSPS) is 16.9. The van der Waals surface area contributed by atoms with Gasteiger partial charge in [-0.25, -0.2) is 13.3 Å². The van der Waals surface area contributed by atoms with Gasteiger partial charge in [-0.15, -0.1) is 12.4 Å². The van der Waals surface area contributed by atoms with Crippen molar-refractivity contribution >= 4 is 18.1 Å². The van der Waals surface area contributed by atoms with Gasteiger partial charge < -0.3 is 4.90 Å². The van der Waals surface area contributed by atoms with Gasteiger partial charge in [-0.05, 0) is 0 Å². The lowest BCUT2D eigenvalue weighted by molar-refractivity contribution is -0.688. The molecule has 2 aromatic rings. The standard InChI is InChI=1S/C17H19F2N2.ClH/c18-17(19)8-12-21(13-9-17)16-6-10-20(11-7-16)14-15-4-2-1-3-5-15;/h1-7,10-11H,8-9,12-14H2;1H/q+1;. The van der Waals surface area contributed by atoms with E-state index in [1.807, 2.05) is 47.6 Å². The molecule has 0 atom stereocenters. The second kappa shape index (κ2) is 7.05. The van der Waals surface area contributed by atoms with Gasteiger partial charge in [-0.1, -0.05) is 30.3 Å². The summed E-state index contributed by atoms with van der Waals surface area (Å²) in [5.41, 5.74) is 2.27. The van der Waals surface area contributed by atoms with Crippen molar-refractivity contribution in [1.82, 2.24) is 0 Å². The van der Waals surface area contributed by atoms with Crippen LogP contribution in [0.1, 0.15) is 18.4 Å². The largest absolute Gasteiger partial charge is 0.371 e. The van der Waals surface area contributed by atoms with Crippen LogP contribution < -0.4 is 9.47 Å². The smallest absolute Gasteiger partial charge is 0.251 e. The third-order valence-corrected chi connectivity index (χ3v) is 3.94. The zero-order valence-corrected chi connectivity index (χ0v) is 13.1. The molecule has 1 aliphatic heterocycles. The van der Waals surface area contributed by atoms with E-state index in [1.165, 1.54) is 5.56 Å². The highest BCUT2D eigenvalue weighted by Crippen LogP contribution is 2.29. The van der Waals surface area contributed by atoms with Gasteiger partial charge in [0.15, 0.2) is 18.9 Å². The molecule has 2 heterocycles. The molecule has 0 radical (unpaired) electrons. The number of piperidine rings is 1. The second-order valence-electron chi connectivity index (χ2n) is 5.56. The van der Waals surface area contributed by atoms with E-state index in [1.54, 1.807) is 0 Å². The first-order valence-electron chi connectivity index (χ1n) is 7.28. The number of alkyl halides is 2. The number of pyridine rings is 1. The molecule has 3 rings (SSSR count). The predicted octanol–water partition coefficient (Wildman–Crippen LogP) is 3.68. The van der Waals surface area contributed by atoms with Crippen LogP contribution in [0, 0.1) is 0 Å². The van der Waals surface area contributed by atoms with Gasteiger partial charge in [-0.3, -0.25) is 0 Å². The zero-order valence-electron chi connectivity index (χ0n) is 12.3. The minimum atomic E-state index is -2.49. The fourth-order valence-electron chi connectivity index (χ4n) is 2.65. The minimum Gasteiger partial charge on any atom is -0.371 e. The van der Waals surface area contributed by atoms with Crippen molar-refractivity contribution in [2.24, 2.45) is 0 Å². The molecule has 2 nitrogen and oxygen atoms in total. The van der Waals surface area contributed by atoms with Crippen molar-refractivity contribution in [3.05, 3.63) is 60.4 Å². The van der Waals surface area contributed by atoms with Crippen molar-refractivity contribution in [3.8, 4) is 0 Å². The van der Waals surface area contributed by atoms with Gasteiger partial charge >= 0.3 is 0 Å². The van der Waals surface area contributed by atoms with E-state index >= 15 is 0 Å². The summed E-state index contributed by atoms with van der Waals surface area (Å²) in [5.74, 6) is -2.49. The van der Waals surface area contributed by atoms with Crippen LogP contribution in [0.15, 0.2) is 54.9 Å². The first kappa shape index (κ1) is 16.7. The number of rotatable bonds is 3. The van der Waals surface area contributed by atoms with Crippen LogP contribution >= 0.6 is 12.4 Å². The van der Waals surface area contributed by atoms with Crippen LogP contribution in [0.4, 0.5) is 14.5 Å². The number of benzene rings is 1. The Kier molecular flexibility index (Phi) is 5.35. The fourth-order valence-corrected chi connectivity index (χ4v) is 2.65. The van der Waals surface area contributed by atoms with Crippen LogP contribution in [0.2, 0.25) is 0 Å². The highest BCUT2D eigenvalue weighted by atomic mass is 35.5. The average molecular weight is 326 g/mol. The summed E-state index contributed by atoms with van der Waals surface area (Å²) < 4.78 is 28.4. The topological polar surface area (TPSA) is 7.12 Å². The van der Waals surface area contributed by atoms with E-state index in [-0.39, 0.29) is 25.2 Å². The molecule has 5 heteroatoms. The number of nitrogens with zero attached hydrogens (tertiary/aromatic N) is 2. The van der Waals surface area contributed by atoms with E-state index in [9.17, 15) is 8.78 Å². The lowest BCUT2D eigenvalue weighted by atomic mass is 10.1. The summed E-state index contributed by atoms with van der Waals surface area (Å²) in [4.78, 5) is 2.03. The molecule has 1 aromatic carbocycles. The van der Waals surface area contributed by atoms with E-state index in [2.05, 4.69) is 16.7 Å². The van der Waals surface area contributed by atoms with Crippen molar-refractivity contribution < 1.29 is 13.3 Å². The number of hydrogen-bond acceptors (Lipinski definition) is 1. The van der Waals surface area contributed by atoms with Crippen LogP contribution in [0.25, 0.3) is 0 Å². The van der Waals surface area contributed by atoms with Crippen molar-refractivity contribution in [2.75, 3.05) is 18.0 Å². The maximum Gasteiger partial charge on any atom is 0.251 e. The van der Waals surface area contributed by atoms with Gasteiger partial charge in [0.1, 0.15) is 0 Å². The summed E-state index contributed by atoms with van der Waals surface area (Å²) in [6.45, 7) is 1.67. The third-order valence-electron chi connectivity index (χ3n) is 3.94. The second-order valence-corrected chi connectivity index (χ2v) is 5.56. The summed E-state index contributed by atoms with van der Waals surface area (Å²) in [6, 6.07) is 14.2. The highest BCUT2D eigenvalue weighted by molar-refractivity contribution is 5.85. The molecule has 0 amide bonds. The molecular weight excluding hydrogens is 306 g/mol. The first-order valence-corrected chi connectivity index (χ1v) is 7.28. The number of halogens is 3. The number of anilines is 1. The summed E-state index contributed by atoms with van der Waals surface area (Å²) in [6.07, 6.45) is 3.92. The van der Waals surface area contributed by atoms with E-state index in [4.69, 9.17) is 0 Å². The Bertz CT molecular complexity index is 577. The molecule has 0 spiro atoms. The molecular formula is C17H20ClF2N2+. The van der Waals surface area contributed by atoms with E-state index < -0.39 is 5.92 Å². The molecule has 0 unspecified atom stereocenters. The molecule has 1 fully saturated rings. The molecule has 22 heavy (non-hydrogen) atoms. The molecule has 0 saturated carbocycles. The number of aromatic nitrogens is 1. The Morgan fingerprint density at radius 3 is 2.14 bits per heavy atom. The Morgan fingerprint density at radius 2 is 1.55 bits per heavy atom. The summed E-state index contributed by atoms with van der Waals surface area (Å²) in [7, 11) is 0. The lowest BCUT2D eigenvalue weighted by Crippen LogP contribution is -2.40. The summed E-state index contributed by atoms with van der Waals surface area (Å²) >= 11 is 0. The Hall–Kier alpha value is -1.68. The summed E-state index contributed by atoms with van der Waals surface area (Å²) in [5, 5.41) is 0. The molecule has 1 aromatic heterocycles. The number of hydrogen-bond donors (Lipinski definition) is 0. The third kappa shape index (κ3) is 4.17. The SMILES string of the molecule is Cl.FC1(F)CCN(c2cc[n+](Cc3ccccc3)cc2)CC1. The quantitative estimate of drug-likeness (QED) is 0.781. The molecule has 0 N–H and O–H groups in total. The van der Waals surface area contributed by atoms with Gasteiger partial charge in [0.05, 0.1) is 0 Å².